The van der Waals surface area contributed by atoms with Crippen LogP contribution in [-0.2, 0) is 4.79 Å². The van der Waals surface area contributed by atoms with E-state index in [0.29, 0.717) is 16.8 Å². The highest BCUT2D eigenvalue weighted by atomic mass is 16.4. The Morgan fingerprint density at radius 1 is 1.06 bits per heavy atom. The topological polar surface area (TPSA) is 76.2 Å². The fraction of sp³-hybridized carbons (Fsp3) is 0.0769. The number of carboxylic acids is 1. The number of rotatable bonds is 3. The van der Waals surface area contributed by atoms with E-state index in [1.54, 1.807) is 48.8 Å². The maximum Gasteiger partial charge on any atom is 0.315 e. The molecule has 2 aromatic rings. The molecular formula is C13H12N2O2. The van der Waals surface area contributed by atoms with Gasteiger partial charge in [0.1, 0.15) is 5.92 Å². The minimum Gasteiger partial charge on any atom is -0.481 e. The second kappa shape index (κ2) is 4.65. The molecule has 1 atom stereocenters. The molecule has 0 spiro atoms. The summed E-state index contributed by atoms with van der Waals surface area (Å²) in [4.78, 5) is 15.2. The SMILES string of the molecule is Nc1ccc(C(C(=O)O)c2ccncc2)cc1. The molecule has 1 heterocycles. The first kappa shape index (κ1) is 11.1. The van der Waals surface area contributed by atoms with Crippen molar-refractivity contribution in [2.45, 2.75) is 5.92 Å². The van der Waals surface area contributed by atoms with E-state index in [4.69, 9.17) is 5.73 Å². The number of anilines is 1. The van der Waals surface area contributed by atoms with Gasteiger partial charge in [0.2, 0.25) is 0 Å². The van der Waals surface area contributed by atoms with Crippen molar-refractivity contribution >= 4 is 11.7 Å². The molecule has 0 saturated heterocycles. The fourth-order valence-corrected chi connectivity index (χ4v) is 1.72. The maximum atomic E-state index is 11.3. The van der Waals surface area contributed by atoms with Crippen LogP contribution in [0.15, 0.2) is 48.8 Å². The van der Waals surface area contributed by atoms with Crippen LogP contribution in [0, 0.1) is 0 Å². The van der Waals surface area contributed by atoms with E-state index in [-0.39, 0.29) is 0 Å². The molecule has 86 valence electrons. The van der Waals surface area contributed by atoms with Crippen LogP contribution in [0.2, 0.25) is 0 Å². The van der Waals surface area contributed by atoms with Gasteiger partial charge in [-0.3, -0.25) is 9.78 Å². The number of aliphatic carboxylic acids is 1. The number of nitrogens with two attached hydrogens (primary N) is 1. The van der Waals surface area contributed by atoms with Crippen molar-refractivity contribution in [3.63, 3.8) is 0 Å². The third kappa shape index (κ3) is 2.42. The molecule has 0 fully saturated rings. The van der Waals surface area contributed by atoms with E-state index in [9.17, 15) is 9.90 Å². The molecule has 0 radical (unpaired) electrons. The van der Waals surface area contributed by atoms with Crippen molar-refractivity contribution in [3.05, 3.63) is 59.9 Å². The molecule has 17 heavy (non-hydrogen) atoms. The van der Waals surface area contributed by atoms with E-state index in [0.717, 1.165) is 0 Å². The van der Waals surface area contributed by atoms with Crippen LogP contribution < -0.4 is 5.73 Å². The first-order chi connectivity index (χ1) is 8.18. The third-order valence-electron chi connectivity index (χ3n) is 2.56. The normalized spacial score (nSPS) is 12.0. The second-order valence-electron chi connectivity index (χ2n) is 3.72. The third-order valence-corrected chi connectivity index (χ3v) is 2.56. The molecule has 0 amide bonds. The van der Waals surface area contributed by atoms with Crippen molar-refractivity contribution < 1.29 is 9.90 Å². The maximum absolute atomic E-state index is 11.3. The van der Waals surface area contributed by atoms with Gasteiger partial charge in [-0.05, 0) is 35.4 Å². The molecule has 0 saturated carbocycles. The summed E-state index contributed by atoms with van der Waals surface area (Å²) >= 11 is 0. The number of benzene rings is 1. The van der Waals surface area contributed by atoms with E-state index >= 15 is 0 Å². The molecule has 1 aromatic carbocycles. The molecule has 4 nitrogen and oxygen atoms in total. The first-order valence-electron chi connectivity index (χ1n) is 5.16. The number of carboxylic acid groups (broad SMARTS) is 1. The summed E-state index contributed by atoms with van der Waals surface area (Å²) in [5, 5.41) is 9.30. The van der Waals surface area contributed by atoms with Crippen LogP contribution in [0.1, 0.15) is 17.0 Å². The van der Waals surface area contributed by atoms with Gasteiger partial charge in [-0.1, -0.05) is 12.1 Å². The number of carbonyl (C=O) groups is 1. The van der Waals surface area contributed by atoms with Crippen LogP contribution in [-0.4, -0.2) is 16.1 Å². The Morgan fingerprint density at radius 3 is 2.12 bits per heavy atom. The number of nitrogens with zero attached hydrogens (tertiary/aromatic N) is 1. The highest BCUT2D eigenvalue weighted by Crippen LogP contribution is 2.25. The summed E-state index contributed by atoms with van der Waals surface area (Å²) in [7, 11) is 0. The van der Waals surface area contributed by atoms with Gasteiger partial charge >= 0.3 is 5.97 Å². The lowest BCUT2D eigenvalue weighted by Crippen LogP contribution is -2.13. The van der Waals surface area contributed by atoms with Crippen molar-refractivity contribution in [3.8, 4) is 0 Å². The molecule has 0 bridgehead atoms. The van der Waals surface area contributed by atoms with Crippen LogP contribution in [0.5, 0.6) is 0 Å². The van der Waals surface area contributed by atoms with Crippen molar-refractivity contribution in [1.29, 1.82) is 0 Å². The lowest BCUT2D eigenvalue weighted by molar-refractivity contribution is -0.137. The predicted molar refractivity (Wildman–Crippen MR) is 64.6 cm³/mol. The van der Waals surface area contributed by atoms with Gasteiger partial charge in [-0.25, -0.2) is 0 Å². The van der Waals surface area contributed by atoms with E-state index in [1.165, 1.54) is 0 Å². The van der Waals surface area contributed by atoms with Gasteiger partial charge in [0.05, 0.1) is 0 Å². The van der Waals surface area contributed by atoms with Gasteiger partial charge in [-0.15, -0.1) is 0 Å². The molecule has 0 aliphatic carbocycles. The number of aromatic nitrogens is 1. The van der Waals surface area contributed by atoms with E-state index in [1.807, 2.05) is 0 Å². The highest BCUT2D eigenvalue weighted by Gasteiger charge is 2.21. The largest absolute Gasteiger partial charge is 0.481 e. The van der Waals surface area contributed by atoms with Crippen LogP contribution in [0.4, 0.5) is 5.69 Å². The summed E-state index contributed by atoms with van der Waals surface area (Å²) < 4.78 is 0. The quantitative estimate of drug-likeness (QED) is 0.786. The lowest BCUT2D eigenvalue weighted by Gasteiger charge is -2.13. The Morgan fingerprint density at radius 2 is 1.59 bits per heavy atom. The summed E-state index contributed by atoms with van der Waals surface area (Å²) in [6, 6.07) is 10.3. The van der Waals surface area contributed by atoms with Gasteiger partial charge in [0.15, 0.2) is 0 Å². The van der Waals surface area contributed by atoms with Gasteiger partial charge in [0, 0.05) is 18.1 Å². The smallest absolute Gasteiger partial charge is 0.315 e. The molecule has 1 unspecified atom stereocenters. The first-order valence-corrected chi connectivity index (χ1v) is 5.16. The number of hydrogen-bond acceptors (Lipinski definition) is 3. The molecular weight excluding hydrogens is 216 g/mol. The Labute approximate surface area is 98.7 Å². The van der Waals surface area contributed by atoms with Gasteiger partial charge in [0.25, 0.3) is 0 Å². The number of pyridine rings is 1. The Hall–Kier alpha value is -2.36. The monoisotopic (exact) mass is 228 g/mol. The van der Waals surface area contributed by atoms with Gasteiger partial charge in [-0.2, -0.15) is 0 Å². The van der Waals surface area contributed by atoms with Crippen LogP contribution in [0.3, 0.4) is 0 Å². The molecule has 1 aromatic heterocycles. The van der Waals surface area contributed by atoms with Crippen LogP contribution >= 0.6 is 0 Å². The summed E-state index contributed by atoms with van der Waals surface area (Å²) in [5.41, 5.74) is 7.61. The second-order valence-corrected chi connectivity index (χ2v) is 3.72. The molecule has 3 N–H and O–H groups in total. The molecule has 4 heteroatoms. The summed E-state index contributed by atoms with van der Waals surface area (Å²) in [5.74, 6) is -1.57. The summed E-state index contributed by atoms with van der Waals surface area (Å²) in [6.45, 7) is 0. The predicted octanol–water partition coefficient (Wildman–Crippen LogP) is 1.88. The van der Waals surface area contributed by atoms with Crippen molar-refractivity contribution in [1.82, 2.24) is 4.98 Å². The Balaban J connectivity index is 2.43. The molecule has 2 rings (SSSR count). The Kier molecular flexibility index (Phi) is 3.05. The van der Waals surface area contributed by atoms with Crippen molar-refractivity contribution in [2.75, 3.05) is 5.73 Å². The molecule has 0 aliphatic rings. The average Bonchev–Trinajstić information content (AvgIpc) is 2.33. The van der Waals surface area contributed by atoms with Gasteiger partial charge < -0.3 is 10.8 Å². The summed E-state index contributed by atoms with van der Waals surface area (Å²) in [6.07, 6.45) is 3.17. The highest BCUT2D eigenvalue weighted by molar-refractivity contribution is 5.80. The zero-order valence-electron chi connectivity index (χ0n) is 9.08. The van der Waals surface area contributed by atoms with E-state index in [2.05, 4.69) is 4.98 Å². The van der Waals surface area contributed by atoms with Crippen LogP contribution in [0.25, 0.3) is 0 Å². The minimum absolute atomic E-state index is 0.618. The average molecular weight is 228 g/mol. The minimum atomic E-state index is -0.888. The number of hydrogen-bond donors (Lipinski definition) is 2. The standard InChI is InChI=1S/C13H12N2O2/c14-11-3-1-9(2-4-11)12(13(16)17)10-5-7-15-8-6-10/h1-8,12H,14H2,(H,16,17). The lowest BCUT2D eigenvalue weighted by atomic mass is 9.92. The zero-order valence-corrected chi connectivity index (χ0v) is 9.08. The molecule has 0 aliphatic heterocycles. The van der Waals surface area contributed by atoms with E-state index < -0.39 is 11.9 Å². The Bertz CT molecular complexity index is 509. The van der Waals surface area contributed by atoms with Crippen molar-refractivity contribution in [2.24, 2.45) is 0 Å². The number of nitrogen functional groups attached to an aromatic ring is 1. The fourth-order valence-electron chi connectivity index (χ4n) is 1.72. The zero-order chi connectivity index (χ0) is 12.3.